The van der Waals surface area contributed by atoms with Gasteiger partial charge in [0, 0.05) is 5.69 Å². The second-order valence-corrected chi connectivity index (χ2v) is 5.06. The molecule has 1 heterocycles. The highest BCUT2D eigenvalue weighted by Gasteiger charge is 2.15. The number of hydrogen-bond acceptors (Lipinski definition) is 3. The summed E-state index contributed by atoms with van der Waals surface area (Å²) in [6, 6.07) is 4.64. The van der Waals surface area contributed by atoms with Crippen LogP contribution in [0, 0.1) is 5.92 Å². The maximum absolute atomic E-state index is 11.9. The molecule has 0 fully saturated rings. The summed E-state index contributed by atoms with van der Waals surface area (Å²) in [5.41, 5.74) is 7.51. The van der Waals surface area contributed by atoms with Crippen LogP contribution in [0.2, 0.25) is 0 Å². The SMILES string of the molecule is CC(C)CC(N)C(=O)Nc1ccc2[nH]c(=O)[nH]c2c1. The number of fused-ring (bicyclic) bond motifs is 1. The fourth-order valence-corrected chi connectivity index (χ4v) is 1.96. The molecular weight excluding hydrogens is 244 g/mol. The van der Waals surface area contributed by atoms with E-state index >= 15 is 0 Å². The number of hydrogen-bond donors (Lipinski definition) is 4. The van der Waals surface area contributed by atoms with E-state index in [9.17, 15) is 9.59 Å². The first-order chi connectivity index (χ1) is 8.95. The van der Waals surface area contributed by atoms with Gasteiger partial charge in [-0.2, -0.15) is 0 Å². The van der Waals surface area contributed by atoms with Gasteiger partial charge in [-0.25, -0.2) is 4.79 Å². The number of aromatic amines is 2. The summed E-state index contributed by atoms with van der Waals surface area (Å²) in [4.78, 5) is 28.3. The van der Waals surface area contributed by atoms with E-state index in [1.165, 1.54) is 0 Å². The Balaban J connectivity index is 2.12. The molecule has 1 atom stereocenters. The van der Waals surface area contributed by atoms with Gasteiger partial charge in [0.2, 0.25) is 5.91 Å². The van der Waals surface area contributed by atoms with Crippen molar-refractivity contribution >= 4 is 22.6 Å². The van der Waals surface area contributed by atoms with Crippen molar-refractivity contribution in [3.8, 4) is 0 Å². The Labute approximate surface area is 110 Å². The van der Waals surface area contributed by atoms with Crippen molar-refractivity contribution in [2.45, 2.75) is 26.3 Å². The molecule has 0 bridgehead atoms. The van der Waals surface area contributed by atoms with E-state index in [4.69, 9.17) is 5.73 Å². The number of imidazole rings is 1. The number of aromatic nitrogens is 2. The molecule has 1 aromatic heterocycles. The summed E-state index contributed by atoms with van der Waals surface area (Å²) in [7, 11) is 0. The molecule has 102 valence electrons. The highest BCUT2D eigenvalue weighted by Crippen LogP contribution is 2.15. The molecule has 0 saturated carbocycles. The van der Waals surface area contributed by atoms with E-state index in [0.717, 1.165) is 0 Å². The standard InChI is InChI=1S/C13H18N4O2/c1-7(2)5-9(14)12(18)15-8-3-4-10-11(6-8)17-13(19)16-10/h3-4,6-7,9H,5,14H2,1-2H3,(H,15,18)(H2,16,17,19). The zero-order valence-electron chi connectivity index (χ0n) is 11.0. The third-order valence-electron chi connectivity index (χ3n) is 2.85. The fourth-order valence-electron chi connectivity index (χ4n) is 1.96. The number of nitrogens with one attached hydrogen (secondary N) is 3. The highest BCUT2D eigenvalue weighted by atomic mass is 16.2. The van der Waals surface area contributed by atoms with Gasteiger partial charge in [0.15, 0.2) is 0 Å². The van der Waals surface area contributed by atoms with Crippen molar-refractivity contribution in [3.63, 3.8) is 0 Å². The number of carbonyl (C=O) groups excluding carboxylic acids is 1. The Morgan fingerprint density at radius 3 is 2.68 bits per heavy atom. The molecule has 1 aromatic carbocycles. The summed E-state index contributed by atoms with van der Waals surface area (Å²) < 4.78 is 0. The van der Waals surface area contributed by atoms with Crippen molar-refractivity contribution in [2.75, 3.05) is 5.32 Å². The molecule has 0 spiro atoms. The Morgan fingerprint density at radius 1 is 1.32 bits per heavy atom. The van der Waals surface area contributed by atoms with Crippen LogP contribution in [0.3, 0.4) is 0 Å². The van der Waals surface area contributed by atoms with E-state index < -0.39 is 6.04 Å². The molecule has 5 N–H and O–H groups in total. The fraction of sp³-hybridized carbons (Fsp3) is 0.385. The van der Waals surface area contributed by atoms with Crippen LogP contribution in [0.4, 0.5) is 5.69 Å². The summed E-state index contributed by atoms with van der Waals surface area (Å²) >= 11 is 0. The summed E-state index contributed by atoms with van der Waals surface area (Å²) in [6.07, 6.45) is 0.634. The molecule has 6 nitrogen and oxygen atoms in total. The lowest BCUT2D eigenvalue weighted by molar-refractivity contribution is -0.117. The molecule has 2 rings (SSSR count). The van der Waals surface area contributed by atoms with E-state index in [1.807, 2.05) is 13.8 Å². The Kier molecular flexibility index (Phi) is 3.71. The van der Waals surface area contributed by atoms with Crippen LogP contribution in [0.15, 0.2) is 23.0 Å². The van der Waals surface area contributed by atoms with Gasteiger partial charge in [0.25, 0.3) is 0 Å². The van der Waals surface area contributed by atoms with Crippen molar-refractivity contribution in [1.29, 1.82) is 0 Å². The zero-order chi connectivity index (χ0) is 14.0. The maximum atomic E-state index is 11.9. The Morgan fingerprint density at radius 2 is 2.00 bits per heavy atom. The molecule has 0 radical (unpaired) electrons. The monoisotopic (exact) mass is 262 g/mol. The van der Waals surface area contributed by atoms with Crippen LogP contribution < -0.4 is 16.7 Å². The molecule has 0 aliphatic rings. The summed E-state index contributed by atoms with van der Waals surface area (Å²) in [6.45, 7) is 4.04. The number of benzene rings is 1. The second kappa shape index (κ2) is 5.27. The molecule has 19 heavy (non-hydrogen) atoms. The van der Waals surface area contributed by atoms with Gasteiger partial charge < -0.3 is 21.0 Å². The Bertz CT molecular complexity index is 641. The molecule has 1 unspecified atom stereocenters. The molecule has 2 aromatic rings. The van der Waals surface area contributed by atoms with Crippen LogP contribution in [-0.2, 0) is 4.79 Å². The summed E-state index contributed by atoms with van der Waals surface area (Å²) in [5.74, 6) is 0.148. The van der Waals surface area contributed by atoms with E-state index in [-0.39, 0.29) is 11.6 Å². The van der Waals surface area contributed by atoms with Gasteiger partial charge in [-0.3, -0.25) is 4.79 Å². The average Bonchev–Trinajstić information content (AvgIpc) is 2.67. The van der Waals surface area contributed by atoms with Crippen LogP contribution >= 0.6 is 0 Å². The second-order valence-electron chi connectivity index (χ2n) is 5.06. The van der Waals surface area contributed by atoms with Crippen LogP contribution in [0.25, 0.3) is 11.0 Å². The predicted molar refractivity (Wildman–Crippen MR) is 75.0 cm³/mol. The van der Waals surface area contributed by atoms with Gasteiger partial charge in [-0.15, -0.1) is 0 Å². The average molecular weight is 262 g/mol. The minimum absolute atomic E-state index is 0.217. The van der Waals surface area contributed by atoms with Crippen molar-refractivity contribution in [3.05, 3.63) is 28.7 Å². The first kappa shape index (κ1) is 13.4. The van der Waals surface area contributed by atoms with Gasteiger partial charge >= 0.3 is 5.69 Å². The minimum Gasteiger partial charge on any atom is -0.325 e. The van der Waals surface area contributed by atoms with Crippen LogP contribution in [-0.4, -0.2) is 21.9 Å². The van der Waals surface area contributed by atoms with Crippen LogP contribution in [0.1, 0.15) is 20.3 Å². The van der Waals surface area contributed by atoms with E-state index in [2.05, 4.69) is 15.3 Å². The normalized spacial score (nSPS) is 12.8. The number of carbonyl (C=O) groups is 1. The van der Waals surface area contributed by atoms with E-state index in [0.29, 0.717) is 29.1 Å². The number of rotatable bonds is 4. The van der Waals surface area contributed by atoms with Crippen molar-refractivity contribution in [2.24, 2.45) is 11.7 Å². The zero-order valence-corrected chi connectivity index (χ0v) is 11.0. The maximum Gasteiger partial charge on any atom is 0.323 e. The van der Waals surface area contributed by atoms with Crippen molar-refractivity contribution in [1.82, 2.24) is 9.97 Å². The molecule has 6 heteroatoms. The summed E-state index contributed by atoms with van der Waals surface area (Å²) in [5, 5.41) is 2.75. The minimum atomic E-state index is -0.527. The highest BCUT2D eigenvalue weighted by molar-refractivity contribution is 5.96. The Hall–Kier alpha value is -2.08. The third kappa shape index (κ3) is 3.23. The first-order valence-electron chi connectivity index (χ1n) is 6.24. The topological polar surface area (TPSA) is 104 Å². The largest absolute Gasteiger partial charge is 0.325 e. The molecule has 0 aliphatic carbocycles. The quantitative estimate of drug-likeness (QED) is 0.664. The lowest BCUT2D eigenvalue weighted by Crippen LogP contribution is -2.36. The smallest absolute Gasteiger partial charge is 0.323 e. The molecular formula is C13H18N4O2. The number of H-pyrrole nitrogens is 2. The lowest BCUT2D eigenvalue weighted by atomic mass is 10.0. The van der Waals surface area contributed by atoms with Gasteiger partial charge in [-0.05, 0) is 30.5 Å². The number of nitrogens with two attached hydrogens (primary N) is 1. The molecule has 1 amide bonds. The van der Waals surface area contributed by atoms with Gasteiger partial charge in [0.1, 0.15) is 0 Å². The van der Waals surface area contributed by atoms with Gasteiger partial charge in [0.05, 0.1) is 17.1 Å². The predicted octanol–water partition coefficient (Wildman–Crippen LogP) is 1.17. The van der Waals surface area contributed by atoms with Gasteiger partial charge in [-0.1, -0.05) is 13.8 Å². The third-order valence-corrected chi connectivity index (χ3v) is 2.85. The number of amides is 1. The van der Waals surface area contributed by atoms with Crippen LogP contribution in [0.5, 0.6) is 0 Å². The lowest BCUT2D eigenvalue weighted by Gasteiger charge is -2.14. The number of anilines is 1. The van der Waals surface area contributed by atoms with Crippen molar-refractivity contribution < 1.29 is 4.79 Å². The first-order valence-corrected chi connectivity index (χ1v) is 6.24. The molecule has 0 saturated heterocycles. The van der Waals surface area contributed by atoms with E-state index in [1.54, 1.807) is 18.2 Å². The molecule has 0 aliphatic heterocycles.